The molecule has 3 rings (SSSR count). The Morgan fingerprint density at radius 3 is 2.80 bits per heavy atom. The van der Waals surface area contributed by atoms with Crippen molar-refractivity contribution in [2.45, 2.75) is 13.5 Å². The number of carbonyl (C=O) groups is 1. The Hall–Kier alpha value is -2.99. The quantitative estimate of drug-likeness (QED) is 0.680. The van der Waals surface area contributed by atoms with Crippen molar-refractivity contribution < 1.29 is 9.53 Å². The van der Waals surface area contributed by atoms with Crippen molar-refractivity contribution in [2.75, 3.05) is 5.32 Å². The molecule has 2 aromatic heterocycles. The second-order valence-corrected chi connectivity index (χ2v) is 6.31. The van der Waals surface area contributed by atoms with E-state index >= 15 is 0 Å². The third-order valence-corrected chi connectivity index (χ3v) is 4.15. The molecule has 0 aliphatic carbocycles. The maximum Gasteiger partial charge on any atom is 0.248 e. The van der Waals surface area contributed by atoms with Crippen molar-refractivity contribution in [2.24, 2.45) is 0 Å². The van der Waals surface area contributed by atoms with Crippen molar-refractivity contribution in [1.82, 2.24) is 9.97 Å². The summed E-state index contributed by atoms with van der Waals surface area (Å²) in [5.74, 6) is 0.497. The first kappa shape index (κ1) is 16.9. The lowest BCUT2D eigenvalue weighted by Gasteiger charge is -2.07. The van der Waals surface area contributed by atoms with E-state index in [0.29, 0.717) is 18.0 Å². The first-order chi connectivity index (χ1) is 12.2. The summed E-state index contributed by atoms with van der Waals surface area (Å²) in [6, 6.07) is 11.0. The lowest BCUT2D eigenvalue weighted by molar-refractivity contribution is -0.111. The third kappa shape index (κ3) is 4.99. The average molecular weight is 351 g/mol. The van der Waals surface area contributed by atoms with Crippen LogP contribution in [0.4, 0.5) is 5.69 Å². The first-order valence-electron chi connectivity index (χ1n) is 7.72. The van der Waals surface area contributed by atoms with Crippen LogP contribution in [-0.4, -0.2) is 15.9 Å². The standard InChI is InChI=1S/C19H17N3O2S/c1-14-21-17(13-25-14)12-24-18-5-3-2-4-15(18)6-7-19(23)22-16-8-10-20-11-9-16/h2-11,13H,12H2,1H3,(H,20,22,23)/b7-6+. The van der Waals surface area contributed by atoms with Crippen LogP contribution in [0.1, 0.15) is 16.3 Å². The monoisotopic (exact) mass is 351 g/mol. The Bertz CT molecular complexity index is 875. The number of thiazole rings is 1. The van der Waals surface area contributed by atoms with Crippen LogP contribution in [0.2, 0.25) is 0 Å². The highest BCUT2D eigenvalue weighted by Gasteiger charge is 2.04. The van der Waals surface area contributed by atoms with Crippen molar-refractivity contribution in [1.29, 1.82) is 0 Å². The summed E-state index contributed by atoms with van der Waals surface area (Å²) >= 11 is 1.60. The third-order valence-electron chi connectivity index (χ3n) is 3.32. The van der Waals surface area contributed by atoms with E-state index in [9.17, 15) is 4.79 Å². The van der Waals surface area contributed by atoms with Gasteiger partial charge in [0.25, 0.3) is 0 Å². The van der Waals surface area contributed by atoms with E-state index in [4.69, 9.17) is 4.74 Å². The molecule has 3 aromatic rings. The molecule has 1 amide bonds. The average Bonchev–Trinajstić information content (AvgIpc) is 3.05. The van der Waals surface area contributed by atoms with Gasteiger partial charge in [0.2, 0.25) is 5.91 Å². The number of benzene rings is 1. The normalized spacial score (nSPS) is 10.8. The molecular formula is C19H17N3O2S. The fourth-order valence-corrected chi connectivity index (χ4v) is 2.76. The number of amides is 1. The molecule has 0 radical (unpaired) electrons. The van der Waals surface area contributed by atoms with E-state index in [-0.39, 0.29) is 5.91 Å². The van der Waals surface area contributed by atoms with Crippen molar-refractivity contribution >= 4 is 29.0 Å². The molecule has 0 spiro atoms. The number of rotatable bonds is 6. The van der Waals surface area contributed by atoms with Crippen LogP contribution >= 0.6 is 11.3 Å². The van der Waals surface area contributed by atoms with Gasteiger partial charge in [-0.3, -0.25) is 9.78 Å². The van der Waals surface area contributed by atoms with E-state index in [1.807, 2.05) is 36.6 Å². The second kappa shape index (κ2) is 8.21. The number of aromatic nitrogens is 2. The van der Waals surface area contributed by atoms with E-state index in [1.54, 1.807) is 41.9 Å². The molecule has 0 fully saturated rings. The van der Waals surface area contributed by atoms with E-state index in [0.717, 1.165) is 16.3 Å². The molecule has 1 aromatic carbocycles. The number of para-hydroxylation sites is 1. The molecule has 0 bridgehead atoms. The van der Waals surface area contributed by atoms with Gasteiger partial charge in [-0.15, -0.1) is 11.3 Å². The van der Waals surface area contributed by atoms with Crippen LogP contribution in [0.25, 0.3) is 6.08 Å². The van der Waals surface area contributed by atoms with Gasteiger partial charge in [-0.2, -0.15) is 0 Å². The minimum Gasteiger partial charge on any atom is -0.487 e. The summed E-state index contributed by atoms with van der Waals surface area (Å²) in [4.78, 5) is 20.3. The fourth-order valence-electron chi connectivity index (χ4n) is 2.16. The molecule has 25 heavy (non-hydrogen) atoms. The second-order valence-electron chi connectivity index (χ2n) is 5.24. The molecule has 1 N–H and O–H groups in total. The molecule has 5 nitrogen and oxygen atoms in total. The number of carbonyl (C=O) groups excluding carboxylic acids is 1. The predicted octanol–water partition coefficient (Wildman–Crippen LogP) is 4.08. The number of ether oxygens (including phenoxy) is 1. The maximum atomic E-state index is 12.0. The number of hydrogen-bond acceptors (Lipinski definition) is 5. The van der Waals surface area contributed by atoms with Crippen LogP contribution in [0.3, 0.4) is 0 Å². The predicted molar refractivity (Wildman–Crippen MR) is 99.5 cm³/mol. The van der Waals surface area contributed by atoms with Crippen molar-refractivity contribution in [3.8, 4) is 5.75 Å². The van der Waals surface area contributed by atoms with Gasteiger partial charge in [-0.05, 0) is 31.2 Å². The molecular weight excluding hydrogens is 334 g/mol. The van der Waals surface area contributed by atoms with Gasteiger partial charge in [0.1, 0.15) is 12.4 Å². The molecule has 0 atom stereocenters. The van der Waals surface area contributed by atoms with Crippen molar-refractivity contribution in [3.05, 3.63) is 76.5 Å². The maximum absolute atomic E-state index is 12.0. The zero-order valence-electron chi connectivity index (χ0n) is 13.7. The Balaban J connectivity index is 1.64. The van der Waals surface area contributed by atoms with Gasteiger partial charge in [0, 0.05) is 35.1 Å². The SMILES string of the molecule is Cc1nc(COc2ccccc2/C=C/C(=O)Nc2ccncc2)cs1. The molecule has 126 valence electrons. The number of nitrogens with zero attached hydrogens (tertiary/aromatic N) is 2. The topological polar surface area (TPSA) is 64.1 Å². The molecule has 6 heteroatoms. The molecule has 0 unspecified atom stereocenters. The Morgan fingerprint density at radius 2 is 2.04 bits per heavy atom. The van der Waals surface area contributed by atoms with Gasteiger partial charge < -0.3 is 10.1 Å². The van der Waals surface area contributed by atoms with Crippen LogP contribution in [0.15, 0.2) is 60.2 Å². The summed E-state index contributed by atoms with van der Waals surface area (Å²) < 4.78 is 5.84. The van der Waals surface area contributed by atoms with Crippen LogP contribution in [0.5, 0.6) is 5.75 Å². The van der Waals surface area contributed by atoms with Crippen LogP contribution < -0.4 is 10.1 Å². The number of pyridine rings is 1. The highest BCUT2D eigenvalue weighted by Crippen LogP contribution is 2.21. The van der Waals surface area contributed by atoms with E-state index in [2.05, 4.69) is 15.3 Å². The molecule has 2 heterocycles. The van der Waals surface area contributed by atoms with Crippen LogP contribution in [-0.2, 0) is 11.4 Å². The Morgan fingerprint density at radius 1 is 1.24 bits per heavy atom. The Labute approximate surface area is 150 Å². The number of hydrogen-bond donors (Lipinski definition) is 1. The summed E-state index contributed by atoms with van der Waals surface area (Å²) in [5.41, 5.74) is 2.43. The lowest BCUT2D eigenvalue weighted by Crippen LogP contribution is -2.07. The highest BCUT2D eigenvalue weighted by molar-refractivity contribution is 7.09. The summed E-state index contributed by atoms with van der Waals surface area (Å²) in [6.07, 6.45) is 6.47. The largest absolute Gasteiger partial charge is 0.487 e. The van der Waals surface area contributed by atoms with Crippen molar-refractivity contribution in [3.63, 3.8) is 0 Å². The minimum atomic E-state index is -0.212. The molecule has 0 saturated carbocycles. The van der Waals surface area contributed by atoms with Crippen LogP contribution in [0, 0.1) is 6.92 Å². The zero-order valence-corrected chi connectivity index (χ0v) is 14.5. The van der Waals surface area contributed by atoms with Gasteiger partial charge in [0.05, 0.1) is 10.7 Å². The first-order valence-corrected chi connectivity index (χ1v) is 8.60. The number of aryl methyl sites for hydroxylation is 1. The van der Waals surface area contributed by atoms with E-state index < -0.39 is 0 Å². The van der Waals surface area contributed by atoms with E-state index in [1.165, 1.54) is 6.08 Å². The lowest BCUT2D eigenvalue weighted by atomic mass is 10.2. The highest BCUT2D eigenvalue weighted by atomic mass is 32.1. The summed E-state index contributed by atoms with van der Waals surface area (Å²) in [5, 5.41) is 5.77. The smallest absolute Gasteiger partial charge is 0.248 e. The molecule has 0 aliphatic rings. The fraction of sp³-hybridized carbons (Fsp3) is 0.105. The van der Waals surface area contributed by atoms with Gasteiger partial charge in [-0.25, -0.2) is 4.98 Å². The van der Waals surface area contributed by atoms with Gasteiger partial charge in [0.15, 0.2) is 0 Å². The molecule has 0 aliphatic heterocycles. The number of anilines is 1. The number of nitrogens with one attached hydrogen (secondary N) is 1. The zero-order chi connectivity index (χ0) is 17.5. The Kier molecular flexibility index (Phi) is 5.53. The molecule has 0 saturated heterocycles. The minimum absolute atomic E-state index is 0.212. The summed E-state index contributed by atoms with van der Waals surface area (Å²) in [6.45, 7) is 2.37. The van der Waals surface area contributed by atoms with Gasteiger partial charge in [-0.1, -0.05) is 18.2 Å². The summed E-state index contributed by atoms with van der Waals surface area (Å²) in [7, 11) is 0. The van der Waals surface area contributed by atoms with Gasteiger partial charge >= 0.3 is 0 Å².